The molecule has 0 aliphatic heterocycles. The third-order valence-corrected chi connectivity index (χ3v) is 3.12. The molecule has 0 aromatic rings. The predicted molar refractivity (Wildman–Crippen MR) is 50.7 cm³/mol. The third kappa shape index (κ3) is 4.77. The molecule has 2 atom stereocenters. The Morgan fingerprint density at radius 1 is 1.46 bits per heavy atom. The van der Waals surface area contributed by atoms with E-state index in [4.69, 9.17) is 5.11 Å². The lowest BCUT2D eigenvalue weighted by Crippen LogP contribution is -2.21. The fourth-order valence-corrected chi connectivity index (χ4v) is 1.53. The SMILES string of the molecule is COC(=O)CSC(C)C(C)C(=O)O. The lowest BCUT2D eigenvalue weighted by Gasteiger charge is -2.14. The maximum atomic E-state index is 10.7. The minimum Gasteiger partial charge on any atom is -0.481 e. The highest BCUT2D eigenvalue weighted by atomic mass is 32.2. The van der Waals surface area contributed by atoms with E-state index in [0.29, 0.717) is 0 Å². The number of methoxy groups -OCH3 is 1. The van der Waals surface area contributed by atoms with Crippen molar-refractivity contribution in [2.24, 2.45) is 5.92 Å². The van der Waals surface area contributed by atoms with E-state index < -0.39 is 11.9 Å². The van der Waals surface area contributed by atoms with Gasteiger partial charge in [-0.1, -0.05) is 13.8 Å². The van der Waals surface area contributed by atoms with Crippen LogP contribution in [0.1, 0.15) is 13.8 Å². The minimum atomic E-state index is -0.843. The molecule has 4 nitrogen and oxygen atoms in total. The molecule has 1 N–H and O–H groups in total. The van der Waals surface area contributed by atoms with Crippen LogP contribution in [0, 0.1) is 5.92 Å². The number of hydrogen-bond donors (Lipinski definition) is 1. The van der Waals surface area contributed by atoms with E-state index in [1.165, 1.54) is 18.9 Å². The minimum absolute atomic E-state index is 0.0865. The lowest BCUT2D eigenvalue weighted by atomic mass is 10.1. The van der Waals surface area contributed by atoms with Crippen LogP contribution in [0.3, 0.4) is 0 Å². The van der Waals surface area contributed by atoms with E-state index >= 15 is 0 Å². The summed E-state index contributed by atoms with van der Waals surface area (Å²) in [6.45, 7) is 3.41. The third-order valence-electron chi connectivity index (χ3n) is 1.79. The average Bonchev–Trinajstić information content (AvgIpc) is 2.11. The van der Waals surface area contributed by atoms with Crippen molar-refractivity contribution < 1.29 is 19.4 Å². The zero-order valence-corrected chi connectivity index (χ0v) is 8.76. The van der Waals surface area contributed by atoms with E-state index in [2.05, 4.69) is 4.74 Å². The van der Waals surface area contributed by atoms with Crippen LogP contribution in [-0.2, 0) is 14.3 Å². The molecule has 2 unspecified atom stereocenters. The molecule has 0 aromatic carbocycles. The molecule has 0 amide bonds. The van der Waals surface area contributed by atoms with Gasteiger partial charge >= 0.3 is 11.9 Å². The fraction of sp³-hybridized carbons (Fsp3) is 0.750. The van der Waals surface area contributed by atoms with E-state index in [9.17, 15) is 9.59 Å². The Bertz CT molecular complexity index is 193. The molecule has 5 heteroatoms. The number of ether oxygens (including phenoxy) is 1. The second-order valence-electron chi connectivity index (χ2n) is 2.72. The van der Waals surface area contributed by atoms with Gasteiger partial charge in [0.25, 0.3) is 0 Å². The van der Waals surface area contributed by atoms with E-state index in [1.54, 1.807) is 13.8 Å². The largest absolute Gasteiger partial charge is 0.481 e. The van der Waals surface area contributed by atoms with Crippen molar-refractivity contribution in [1.29, 1.82) is 0 Å². The van der Waals surface area contributed by atoms with Gasteiger partial charge in [0, 0.05) is 5.25 Å². The molecule has 0 aromatic heterocycles. The monoisotopic (exact) mass is 206 g/mol. The second-order valence-corrected chi connectivity index (χ2v) is 4.08. The van der Waals surface area contributed by atoms with Crippen molar-refractivity contribution in [2.75, 3.05) is 12.9 Å². The number of rotatable bonds is 5. The first-order valence-electron chi connectivity index (χ1n) is 3.90. The van der Waals surface area contributed by atoms with Crippen LogP contribution in [0.15, 0.2) is 0 Å². The average molecular weight is 206 g/mol. The maximum Gasteiger partial charge on any atom is 0.315 e. The first-order chi connectivity index (χ1) is 5.99. The molecule has 0 fully saturated rings. The van der Waals surface area contributed by atoms with Crippen LogP contribution in [0.25, 0.3) is 0 Å². The number of aliphatic carboxylic acids is 1. The highest BCUT2D eigenvalue weighted by Gasteiger charge is 2.20. The Morgan fingerprint density at radius 2 is 2.00 bits per heavy atom. The number of carbonyl (C=O) groups excluding carboxylic acids is 1. The molecule has 0 aliphatic rings. The van der Waals surface area contributed by atoms with Gasteiger partial charge in [0.2, 0.25) is 0 Å². The standard InChI is InChI=1S/C8H14O4S/c1-5(8(10)11)6(2)13-4-7(9)12-3/h5-6H,4H2,1-3H3,(H,10,11). The van der Waals surface area contributed by atoms with E-state index in [-0.39, 0.29) is 17.0 Å². The van der Waals surface area contributed by atoms with Gasteiger partial charge in [0.1, 0.15) is 0 Å². The molecule has 0 saturated heterocycles. The van der Waals surface area contributed by atoms with Gasteiger partial charge in [0.15, 0.2) is 0 Å². The lowest BCUT2D eigenvalue weighted by molar-refractivity contribution is -0.141. The summed E-state index contributed by atoms with van der Waals surface area (Å²) in [5, 5.41) is 8.56. The summed E-state index contributed by atoms with van der Waals surface area (Å²) in [5.41, 5.74) is 0. The van der Waals surface area contributed by atoms with Gasteiger partial charge in [0.05, 0.1) is 18.8 Å². The summed E-state index contributed by atoms with van der Waals surface area (Å²) in [7, 11) is 1.31. The van der Waals surface area contributed by atoms with Gasteiger partial charge in [-0.05, 0) is 0 Å². The van der Waals surface area contributed by atoms with Gasteiger partial charge in [-0.25, -0.2) is 0 Å². The molecule has 0 radical (unpaired) electrons. The fourth-order valence-electron chi connectivity index (χ4n) is 0.604. The second kappa shape index (κ2) is 5.85. The van der Waals surface area contributed by atoms with Crippen molar-refractivity contribution in [1.82, 2.24) is 0 Å². The number of thioether (sulfide) groups is 1. The molecule has 0 aliphatic carbocycles. The Morgan fingerprint density at radius 3 is 2.38 bits per heavy atom. The number of esters is 1. The van der Waals surface area contributed by atoms with Gasteiger partial charge < -0.3 is 9.84 Å². The van der Waals surface area contributed by atoms with Crippen LogP contribution in [0.2, 0.25) is 0 Å². The quantitative estimate of drug-likeness (QED) is 0.680. The van der Waals surface area contributed by atoms with Crippen molar-refractivity contribution >= 4 is 23.7 Å². The molecule has 0 bridgehead atoms. The van der Waals surface area contributed by atoms with Crippen LogP contribution < -0.4 is 0 Å². The molecular formula is C8H14O4S. The molecule has 0 saturated carbocycles. The molecule has 76 valence electrons. The van der Waals surface area contributed by atoms with E-state index in [0.717, 1.165) is 0 Å². The molecular weight excluding hydrogens is 192 g/mol. The number of carboxylic acid groups (broad SMARTS) is 1. The van der Waals surface area contributed by atoms with Crippen molar-refractivity contribution in [3.63, 3.8) is 0 Å². The highest BCUT2D eigenvalue weighted by Crippen LogP contribution is 2.19. The van der Waals surface area contributed by atoms with Crippen LogP contribution >= 0.6 is 11.8 Å². The van der Waals surface area contributed by atoms with Crippen molar-refractivity contribution in [3.05, 3.63) is 0 Å². The summed E-state index contributed by atoms with van der Waals surface area (Å²) in [6, 6.07) is 0. The summed E-state index contributed by atoms with van der Waals surface area (Å²) in [4.78, 5) is 21.2. The first kappa shape index (κ1) is 12.3. The Labute approximate surface area is 81.6 Å². The normalized spacial score (nSPS) is 14.7. The highest BCUT2D eigenvalue weighted by molar-refractivity contribution is 8.00. The predicted octanol–water partition coefficient (Wildman–Crippen LogP) is 1.00. The van der Waals surface area contributed by atoms with Gasteiger partial charge in [-0.15, -0.1) is 11.8 Å². The van der Waals surface area contributed by atoms with Crippen molar-refractivity contribution in [3.8, 4) is 0 Å². The molecule has 0 spiro atoms. The number of carboxylic acids is 1. The summed E-state index contributed by atoms with van der Waals surface area (Å²) < 4.78 is 4.43. The van der Waals surface area contributed by atoms with Crippen LogP contribution in [0.4, 0.5) is 0 Å². The van der Waals surface area contributed by atoms with Crippen LogP contribution in [0.5, 0.6) is 0 Å². The summed E-state index contributed by atoms with van der Waals surface area (Å²) in [5.74, 6) is -1.41. The number of hydrogen-bond acceptors (Lipinski definition) is 4. The smallest absolute Gasteiger partial charge is 0.315 e. The molecule has 0 heterocycles. The maximum absolute atomic E-state index is 10.7. The first-order valence-corrected chi connectivity index (χ1v) is 4.95. The topological polar surface area (TPSA) is 63.6 Å². The summed E-state index contributed by atoms with van der Waals surface area (Å²) >= 11 is 1.29. The number of carbonyl (C=O) groups is 2. The molecule has 0 rings (SSSR count). The zero-order valence-electron chi connectivity index (χ0n) is 7.94. The van der Waals surface area contributed by atoms with Crippen molar-refractivity contribution in [2.45, 2.75) is 19.1 Å². The van der Waals surface area contributed by atoms with Crippen LogP contribution in [-0.4, -0.2) is 35.2 Å². The van der Waals surface area contributed by atoms with E-state index in [1.807, 2.05) is 0 Å². The molecule has 13 heavy (non-hydrogen) atoms. The Kier molecular flexibility index (Phi) is 5.53. The Hall–Kier alpha value is -0.710. The van der Waals surface area contributed by atoms with Gasteiger partial charge in [-0.2, -0.15) is 0 Å². The zero-order chi connectivity index (χ0) is 10.4. The van der Waals surface area contributed by atoms with Gasteiger partial charge in [-0.3, -0.25) is 9.59 Å². The Balaban J connectivity index is 3.80. The summed E-state index contributed by atoms with van der Waals surface area (Å²) in [6.07, 6.45) is 0.